The highest BCUT2D eigenvalue weighted by molar-refractivity contribution is 5.77. The Hall–Kier alpha value is -1.34. The van der Waals surface area contributed by atoms with E-state index in [9.17, 15) is 9.59 Å². The summed E-state index contributed by atoms with van der Waals surface area (Å²) in [4.78, 5) is 27.6. The molecule has 1 aliphatic rings. The van der Waals surface area contributed by atoms with Crippen LogP contribution in [0.1, 0.15) is 40.0 Å². The molecule has 2 amide bonds. The first-order valence-corrected chi connectivity index (χ1v) is 8.78. The Morgan fingerprint density at radius 2 is 1.83 bits per heavy atom. The fourth-order valence-electron chi connectivity index (χ4n) is 2.57. The number of nitrogens with zero attached hydrogens (tertiary/aromatic N) is 2. The zero-order valence-corrected chi connectivity index (χ0v) is 15.6. The average Bonchev–Trinajstić information content (AvgIpc) is 2.71. The summed E-state index contributed by atoms with van der Waals surface area (Å²) in [5.41, 5.74) is -0.448. The molecular formula is C17H33N3O4. The highest BCUT2D eigenvalue weighted by Crippen LogP contribution is 2.12. The Morgan fingerprint density at radius 3 is 2.50 bits per heavy atom. The van der Waals surface area contributed by atoms with E-state index >= 15 is 0 Å². The predicted octanol–water partition coefficient (Wildman–Crippen LogP) is 1.47. The molecule has 0 atom stereocenters. The molecule has 1 heterocycles. The second kappa shape index (κ2) is 10.5. The van der Waals surface area contributed by atoms with E-state index in [0.29, 0.717) is 13.1 Å². The first-order valence-electron chi connectivity index (χ1n) is 8.78. The fraction of sp³-hybridized carbons (Fsp3) is 0.882. The van der Waals surface area contributed by atoms with Gasteiger partial charge in [0, 0.05) is 33.3 Å². The molecule has 140 valence electrons. The Kier molecular flexibility index (Phi) is 9.07. The van der Waals surface area contributed by atoms with Gasteiger partial charge in [-0.15, -0.1) is 0 Å². The van der Waals surface area contributed by atoms with E-state index in [1.54, 1.807) is 4.90 Å². The van der Waals surface area contributed by atoms with E-state index in [1.807, 2.05) is 20.8 Å². The molecule has 1 N–H and O–H groups in total. The van der Waals surface area contributed by atoms with Gasteiger partial charge in [0.05, 0.1) is 0 Å². The van der Waals surface area contributed by atoms with Crippen LogP contribution in [0.2, 0.25) is 0 Å². The highest BCUT2D eigenvalue weighted by Gasteiger charge is 2.24. The number of hydrogen-bond acceptors (Lipinski definition) is 5. The van der Waals surface area contributed by atoms with Crippen molar-refractivity contribution in [2.45, 2.75) is 45.6 Å². The zero-order valence-electron chi connectivity index (χ0n) is 15.6. The molecule has 0 radical (unpaired) electrons. The van der Waals surface area contributed by atoms with Gasteiger partial charge in [-0.2, -0.15) is 0 Å². The van der Waals surface area contributed by atoms with Gasteiger partial charge in [0.15, 0.2) is 0 Å². The van der Waals surface area contributed by atoms with Gasteiger partial charge in [-0.05, 0) is 53.1 Å². The summed E-state index contributed by atoms with van der Waals surface area (Å²) < 4.78 is 10.2. The number of methoxy groups -OCH3 is 1. The topological polar surface area (TPSA) is 71.1 Å². The Labute approximate surface area is 145 Å². The molecule has 0 aromatic rings. The number of unbranched alkanes of at least 4 members (excludes halogenated alkanes) is 1. The summed E-state index contributed by atoms with van der Waals surface area (Å²) in [6.07, 6.45) is 2.72. The number of nitrogens with one attached hydrogen (secondary N) is 1. The summed E-state index contributed by atoms with van der Waals surface area (Å²) in [7, 11) is 1.51. The highest BCUT2D eigenvalue weighted by atomic mass is 16.6. The summed E-state index contributed by atoms with van der Waals surface area (Å²) in [6, 6.07) is 0. The van der Waals surface area contributed by atoms with Gasteiger partial charge in [0.1, 0.15) is 12.2 Å². The van der Waals surface area contributed by atoms with Crippen LogP contribution < -0.4 is 5.32 Å². The van der Waals surface area contributed by atoms with Gasteiger partial charge in [-0.1, -0.05) is 0 Å². The van der Waals surface area contributed by atoms with Crippen LogP contribution in [-0.4, -0.2) is 80.4 Å². The number of ether oxygens (including phenoxy) is 2. The third-order valence-electron chi connectivity index (χ3n) is 3.74. The smallest absolute Gasteiger partial charge is 0.410 e. The molecule has 0 spiro atoms. The van der Waals surface area contributed by atoms with Crippen molar-refractivity contribution in [3.05, 3.63) is 0 Å². The van der Waals surface area contributed by atoms with Crippen molar-refractivity contribution in [1.29, 1.82) is 0 Å². The molecular weight excluding hydrogens is 310 g/mol. The van der Waals surface area contributed by atoms with Crippen LogP contribution in [0.5, 0.6) is 0 Å². The first kappa shape index (κ1) is 20.7. The SMILES string of the molecule is COCC(=O)NCCCCN1CCCN(C(=O)OC(C)(C)C)CC1. The first-order chi connectivity index (χ1) is 11.3. The zero-order chi connectivity index (χ0) is 18.0. The molecule has 0 aromatic carbocycles. The lowest BCUT2D eigenvalue weighted by Gasteiger charge is -2.26. The molecule has 0 aliphatic carbocycles. The van der Waals surface area contributed by atoms with Crippen LogP contribution in [0.25, 0.3) is 0 Å². The average molecular weight is 343 g/mol. The number of amides is 2. The summed E-state index contributed by atoms with van der Waals surface area (Å²) in [5.74, 6) is -0.0692. The Bertz CT molecular complexity index is 396. The molecule has 0 aromatic heterocycles. The second-order valence-corrected chi connectivity index (χ2v) is 7.15. The maximum atomic E-state index is 12.1. The van der Waals surface area contributed by atoms with Gasteiger partial charge in [0.25, 0.3) is 0 Å². The van der Waals surface area contributed by atoms with Crippen molar-refractivity contribution in [2.75, 3.05) is 53.0 Å². The third kappa shape index (κ3) is 9.08. The summed E-state index contributed by atoms with van der Waals surface area (Å²) >= 11 is 0. The maximum absolute atomic E-state index is 12.1. The monoisotopic (exact) mass is 343 g/mol. The van der Waals surface area contributed by atoms with Crippen LogP contribution in [-0.2, 0) is 14.3 Å². The largest absolute Gasteiger partial charge is 0.444 e. The van der Waals surface area contributed by atoms with Gasteiger partial charge in [0.2, 0.25) is 5.91 Å². The molecule has 7 nitrogen and oxygen atoms in total. The van der Waals surface area contributed by atoms with Crippen LogP contribution in [0, 0.1) is 0 Å². The van der Waals surface area contributed by atoms with E-state index in [4.69, 9.17) is 9.47 Å². The second-order valence-electron chi connectivity index (χ2n) is 7.15. The lowest BCUT2D eigenvalue weighted by Crippen LogP contribution is -2.39. The van der Waals surface area contributed by atoms with E-state index in [1.165, 1.54) is 7.11 Å². The lowest BCUT2D eigenvalue weighted by atomic mass is 10.2. The van der Waals surface area contributed by atoms with Crippen molar-refractivity contribution in [2.24, 2.45) is 0 Å². The molecule has 1 fully saturated rings. The lowest BCUT2D eigenvalue weighted by molar-refractivity contribution is -0.124. The molecule has 0 bridgehead atoms. The number of hydrogen-bond donors (Lipinski definition) is 1. The van der Waals surface area contributed by atoms with Crippen molar-refractivity contribution < 1.29 is 19.1 Å². The molecule has 1 rings (SSSR count). The number of carbonyl (C=O) groups is 2. The number of rotatable bonds is 7. The maximum Gasteiger partial charge on any atom is 0.410 e. The standard InChI is InChI=1S/C17H33N3O4/c1-17(2,3)24-16(22)20-11-7-10-19(12-13-20)9-6-5-8-18-15(21)14-23-4/h5-14H2,1-4H3,(H,18,21). The van der Waals surface area contributed by atoms with Crippen LogP contribution in [0.4, 0.5) is 4.79 Å². The molecule has 7 heteroatoms. The van der Waals surface area contributed by atoms with Crippen LogP contribution in [0.15, 0.2) is 0 Å². The fourth-order valence-corrected chi connectivity index (χ4v) is 2.57. The van der Waals surface area contributed by atoms with Crippen LogP contribution in [0.3, 0.4) is 0 Å². The summed E-state index contributed by atoms with van der Waals surface area (Å²) in [5, 5.41) is 2.83. The molecule has 0 saturated carbocycles. The van der Waals surface area contributed by atoms with E-state index < -0.39 is 5.60 Å². The quantitative estimate of drug-likeness (QED) is 0.709. The van der Waals surface area contributed by atoms with E-state index in [2.05, 4.69) is 10.2 Å². The van der Waals surface area contributed by atoms with Crippen LogP contribution >= 0.6 is 0 Å². The minimum absolute atomic E-state index is 0.0692. The third-order valence-corrected chi connectivity index (χ3v) is 3.74. The minimum Gasteiger partial charge on any atom is -0.444 e. The number of carbonyl (C=O) groups excluding carboxylic acids is 2. The Morgan fingerprint density at radius 1 is 1.08 bits per heavy atom. The van der Waals surface area contributed by atoms with Crippen molar-refractivity contribution >= 4 is 12.0 Å². The van der Waals surface area contributed by atoms with Crippen molar-refractivity contribution in [3.8, 4) is 0 Å². The normalized spacial score (nSPS) is 16.6. The molecule has 24 heavy (non-hydrogen) atoms. The van der Waals surface area contributed by atoms with E-state index in [-0.39, 0.29) is 18.6 Å². The van der Waals surface area contributed by atoms with Crippen molar-refractivity contribution in [1.82, 2.24) is 15.1 Å². The molecule has 1 aliphatic heterocycles. The van der Waals surface area contributed by atoms with Gasteiger partial charge in [-0.25, -0.2) is 4.79 Å². The van der Waals surface area contributed by atoms with Gasteiger partial charge in [-0.3, -0.25) is 4.79 Å². The van der Waals surface area contributed by atoms with Crippen molar-refractivity contribution in [3.63, 3.8) is 0 Å². The molecule has 0 unspecified atom stereocenters. The van der Waals surface area contributed by atoms with Gasteiger partial charge >= 0.3 is 6.09 Å². The van der Waals surface area contributed by atoms with E-state index in [0.717, 1.165) is 45.4 Å². The Balaban J connectivity index is 2.19. The molecule has 1 saturated heterocycles. The van der Waals surface area contributed by atoms with Gasteiger partial charge < -0.3 is 24.6 Å². The minimum atomic E-state index is -0.448. The predicted molar refractivity (Wildman–Crippen MR) is 93.0 cm³/mol. The summed E-state index contributed by atoms with van der Waals surface area (Å²) in [6.45, 7) is 10.8.